The predicted molar refractivity (Wildman–Crippen MR) is 117 cm³/mol. The second-order valence-electron chi connectivity index (χ2n) is 8.60. The Hall–Kier alpha value is -3.93. The van der Waals surface area contributed by atoms with Gasteiger partial charge in [-0.15, -0.1) is 0 Å². The Morgan fingerprint density at radius 3 is 2.35 bits per heavy atom. The molecular formula is C25H19F5N2O5. The second-order valence-corrected chi connectivity index (χ2v) is 8.60. The molecule has 7 nitrogen and oxygen atoms in total. The van der Waals surface area contributed by atoms with Crippen molar-refractivity contribution in [2.24, 2.45) is 0 Å². The third-order valence-corrected chi connectivity index (χ3v) is 6.25. The van der Waals surface area contributed by atoms with Gasteiger partial charge in [-0.2, -0.15) is 0 Å². The first-order valence-corrected chi connectivity index (χ1v) is 11.2. The van der Waals surface area contributed by atoms with E-state index in [0.29, 0.717) is 11.5 Å². The van der Waals surface area contributed by atoms with E-state index in [1.54, 1.807) is 24.3 Å². The molecule has 3 heterocycles. The molecule has 0 bridgehead atoms. The molecule has 3 aliphatic heterocycles. The van der Waals surface area contributed by atoms with Crippen LogP contribution in [0, 0.1) is 29.1 Å². The average Bonchev–Trinajstić information content (AvgIpc) is 2.89. The van der Waals surface area contributed by atoms with Crippen LogP contribution in [0.25, 0.3) is 0 Å². The van der Waals surface area contributed by atoms with Crippen molar-refractivity contribution in [2.75, 3.05) is 26.3 Å². The van der Waals surface area contributed by atoms with Gasteiger partial charge in [0.05, 0.1) is 18.0 Å². The Kier molecular flexibility index (Phi) is 6.36. The fourth-order valence-electron chi connectivity index (χ4n) is 4.59. The molecule has 5 rings (SSSR count). The van der Waals surface area contributed by atoms with Crippen LogP contribution in [0.5, 0.6) is 11.5 Å². The maximum Gasteiger partial charge on any atom is 0.336 e. The Morgan fingerprint density at radius 1 is 1.00 bits per heavy atom. The largest absolute Gasteiger partial charge is 0.486 e. The molecule has 2 aromatic rings. The monoisotopic (exact) mass is 522 g/mol. The molecule has 2 aromatic carbocycles. The van der Waals surface area contributed by atoms with Gasteiger partial charge in [-0.1, -0.05) is 12.1 Å². The second kappa shape index (κ2) is 9.51. The van der Waals surface area contributed by atoms with Crippen LogP contribution in [0.1, 0.15) is 18.4 Å². The van der Waals surface area contributed by atoms with Gasteiger partial charge in [0.25, 0.3) is 0 Å². The first-order chi connectivity index (χ1) is 17.7. The number of ketones is 1. The summed E-state index contributed by atoms with van der Waals surface area (Å²) in [5, 5.41) is 5.60. The maximum atomic E-state index is 15.0. The topological polar surface area (TPSA) is 85.9 Å². The molecule has 2 N–H and O–H groups in total. The number of hydrogen-bond acceptors (Lipinski definition) is 7. The van der Waals surface area contributed by atoms with Gasteiger partial charge in [0.1, 0.15) is 13.2 Å². The standard InChI is InChI=1S/C25H19F5N2O5/c1-10-16(25(34)36-9-11-8-35-14-4-2-3-5-15(14)37-11)18(17-12(32-10)6-31-7-13(17)33)19-20(26)22(28)24(30)23(29)21(19)27/h2-5,11,18,31-32H,6-9H2,1H3. The van der Waals surface area contributed by atoms with Gasteiger partial charge in [0.2, 0.25) is 5.82 Å². The van der Waals surface area contributed by atoms with Crippen LogP contribution in [0.15, 0.2) is 46.8 Å². The molecule has 0 saturated carbocycles. The number of rotatable bonds is 4. The summed E-state index contributed by atoms with van der Waals surface area (Å²) in [6, 6.07) is 6.80. The number of para-hydroxylation sites is 2. The van der Waals surface area contributed by atoms with E-state index in [1.807, 2.05) is 0 Å². The van der Waals surface area contributed by atoms with Crippen LogP contribution < -0.4 is 20.1 Å². The summed E-state index contributed by atoms with van der Waals surface area (Å²) in [5.41, 5.74) is -1.88. The summed E-state index contributed by atoms with van der Waals surface area (Å²) in [4.78, 5) is 26.0. The fourth-order valence-corrected chi connectivity index (χ4v) is 4.59. The number of fused-ring (bicyclic) bond motifs is 1. The van der Waals surface area contributed by atoms with E-state index < -0.39 is 64.0 Å². The first kappa shape index (κ1) is 24.8. The van der Waals surface area contributed by atoms with E-state index in [9.17, 15) is 31.5 Å². The van der Waals surface area contributed by atoms with Crippen LogP contribution >= 0.6 is 0 Å². The minimum absolute atomic E-state index is 0.0281. The lowest BCUT2D eigenvalue weighted by atomic mass is 9.77. The SMILES string of the molecule is CC1=C(C(=O)OCC2COc3ccccc3O2)C(c2c(F)c(F)c(F)c(F)c2F)C2=C(CNCC2=O)N1. The number of dihydropyridines is 1. The molecule has 0 aromatic heterocycles. The molecule has 0 amide bonds. The van der Waals surface area contributed by atoms with E-state index in [4.69, 9.17) is 14.2 Å². The molecular weight excluding hydrogens is 503 g/mol. The Labute approximate surface area is 206 Å². The van der Waals surface area contributed by atoms with Gasteiger partial charge >= 0.3 is 5.97 Å². The van der Waals surface area contributed by atoms with Gasteiger partial charge in [0.15, 0.2) is 46.7 Å². The summed E-state index contributed by atoms with van der Waals surface area (Å²) in [7, 11) is 0. The molecule has 0 fully saturated rings. The predicted octanol–water partition coefficient (Wildman–Crippen LogP) is 3.15. The van der Waals surface area contributed by atoms with E-state index >= 15 is 0 Å². The molecule has 2 atom stereocenters. The zero-order chi connectivity index (χ0) is 26.4. The Bertz CT molecular complexity index is 1360. The molecule has 37 heavy (non-hydrogen) atoms. The summed E-state index contributed by atoms with van der Waals surface area (Å²) in [5.74, 6) is -13.8. The maximum absolute atomic E-state index is 15.0. The minimum atomic E-state index is -2.35. The van der Waals surface area contributed by atoms with Gasteiger partial charge in [0, 0.05) is 29.1 Å². The summed E-state index contributed by atoms with van der Waals surface area (Å²) in [6.45, 7) is 0.824. The lowest BCUT2D eigenvalue weighted by Gasteiger charge is -2.35. The molecule has 0 aliphatic carbocycles. The highest BCUT2D eigenvalue weighted by molar-refractivity contribution is 6.04. The van der Waals surface area contributed by atoms with Crippen molar-refractivity contribution in [1.29, 1.82) is 0 Å². The Morgan fingerprint density at radius 2 is 1.65 bits per heavy atom. The number of carbonyl (C=O) groups is 2. The van der Waals surface area contributed by atoms with Gasteiger partial charge in [-0.3, -0.25) is 4.79 Å². The smallest absolute Gasteiger partial charge is 0.336 e. The third kappa shape index (κ3) is 4.20. The molecule has 194 valence electrons. The number of benzene rings is 2. The van der Waals surface area contributed by atoms with E-state index in [2.05, 4.69) is 10.6 Å². The number of nitrogens with one attached hydrogen (secondary N) is 2. The van der Waals surface area contributed by atoms with E-state index in [1.165, 1.54) is 6.92 Å². The third-order valence-electron chi connectivity index (χ3n) is 6.25. The number of hydrogen-bond donors (Lipinski definition) is 2. The summed E-state index contributed by atoms with van der Waals surface area (Å²) in [6.07, 6.45) is -0.737. The molecule has 0 spiro atoms. The fraction of sp³-hybridized carbons (Fsp3) is 0.280. The number of carbonyl (C=O) groups excluding carboxylic acids is 2. The van der Waals surface area contributed by atoms with E-state index in [0.717, 1.165) is 0 Å². The van der Waals surface area contributed by atoms with Crippen molar-refractivity contribution in [3.63, 3.8) is 0 Å². The van der Waals surface area contributed by atoms with Gasteiger partial charge < -0.3 is 24.8 Å². The highest BCUT2D eigenvalue weighted by Crippen LogP contribution is 2.43. The average molecular weight is 522 g/mol. The van der Waals surface area contributed by atoms with Crippen molar-refractivity contribution >= 4 is 11.8 Å². The zero-order valence-corrected chi connectivity index (χ0v) is 19.2. The molecule has 2 unspecified atom stereocenters. The van der Waals surface area contributed by atoms with Crippen LogP contribution in [-0.2, 0) is 14.3 Å². The number of esters is 1. The normalized spacial score (nSPS) is 21.0. The molecule has 0 radical (unpaired) electrons. The van der Waals surface area contributed by atoms with Crippen molar-refractivity contribution < 1.29 is 45.8 Å². The number of ether oxygens (including phenoxy) is 3. The summed E-state index contributed by atoms with van der Waals surface area (Å²) < 4.78 is 88.6. The van der Waals surface area contributed by atoms with Crippen molar-refractivity contribution in [3.05, 3.63) is 81.5 Å². The number of Topliss-reactive ketones (excluding diaryl/α,β-unsaturated/α-hetero) is 1. The highest BCUT2D eigenvalue weighted by atomic mass is 19.2. The molecule has 3 aliphatic rings. The van der Waals surface area contributed by atoms with Gasteiger partial charge in [-0.05, 0) is 19.1 Å². The number of allylic oxidation sites excluding steroid dienone is 1. The lowest BCUT2D eigenvalue weighted by molar-refractivity contribution is -0.142. The molecule has 0 saturated heterocycles. The first-order valence-electron chi connectivity index (χ1n) is 11.2. The summed E-state index contributed by atoms with van der Waals surface area (Å²) >= 11 is 0. The lowest BCUT2D eigenvalue weighted by Crippen LogP contribution is -2.44. The molecule has 12 heteroatoms. The van der Waals surface area contributed by atoms with Crippen LogP contribution in [0.2, 0.25) is 0 Å². The van der Waals surface area contributed by atoms with Crippen LogP contribution in [-0.4, -0.2) is 44.2 Å². The van der Waals surface area contributed by atoms with Crippen molar-refractivity contribution in [2.45, 2.75) is 18.9 Å². The van der Waals surface area contributed by atoms with Crippen LogP contribution in [0.3, 0.4) is 0 Å². The van der Waals surface area contributed by atoms with E-state index in [-0.39, 0.29) is 43.3 Å². The highest BCUT2D eigenvalue weighted by Gasteiger charge is 2.44. The van der Waals surface area contributed by atoms with Gasteiger partial charge in [-0.25, -0.2) is 26.7 Å². The Balaban J connectivity index is 1.51. The van der Waals surface area contributed by atoms with Crippen molar-refractivity contribution in [1.82, 2.24) is 10.6 Å². The van der Waals surface area contributed by atoms with Crippen LogP contribution in [0.4, 0.5) is 22.0 Å². The number of halogens is 5. The van der Waals surface area contributed by atoms with Crippen molar-refractivity contribution in [3.8, 4) is 11.5 Å². The quantitative estimate of drug-likeness (QED) is 0.276. The zero-order valence-electron chi connectivity index (χ0n) is 19.2. The minimum Gasteiger partial charge on any atom is -0.486 e.